The van der Waals surface area contributed by atoms with Gasteiger partial charge in [0.2, 0.25) is 5.91 Å². The summed E-state index contributed by atoms with van der Waals surface area (Å²) in [5.74, 6) is -0.542. The second kappa shape index (κ2) is 10.2. The lowest BCUT2D eigenvalue weighted by Crippen LogP contribution is -2.38. The van der Waals surface area contributed by atoms with Gasteiger partial charge in [-0.05, 0) is 31.0 Å². The van der Waals surface area contributed by atoms with E-state index in [0.29, 0.717) is 21.4 Å². The lowest BCUT2D eigenvalue weighted by Gasteiger charge is -2.15. The van der Waals surface area contributed by atoms with Gasteiger partial charge in [0.25, 0.3) is 5.91 Å². The highest BCUT2D eigenvalue weighted by Gasteiger charge is 2.30. The minimum Gasteiger partial charge on any atom is -0.395 e. The molecule has 2 amide bonds. The van der Waals surface area contributed by atoms with Crippen LogP contribution in [0.2, 0.25) is 5.02 Å². The highest BCUT2D eigenvalue weighted by molar-refractivity contribution is 7.19. The molecular weight excluding hydrogens is 500 g/mol. The van der Waals surface area contributed by atoms with E-state index in [-0.39, 0.29) is 25.0 Å². The second-order valence-electron chi connectivity index (χ2n) is 8.20. The fourth-order valence-electron chi connectivity index (χ4n) is 4.17. The molecule has 0 atom stereocenters. The van der Waals surface area contributed by atoms with Crippen molar-refractivity contribution in [1.29, 1.82) is 0 Å². The van der Waals surface area contributed by atoms with Crippen molar-refractivity contribution in [2.24, 2.45) is 0 Å². The van der Waals surface area contributed by atoms with Crippen LogP contribution >= 0.6 is 22.9 Å². The molecule has 0 aliphatic heterocycles. The Morgan fingerprint density at radius 3 is 2.69 bits per heavy atom. The molecule has 4 aromatic rings. The first kappa shape index (κ1) is 24.1. The van der Waals surface area contributed by atoms with Gasteiger partial charge in [0.05, 0.1) is 39.3 Å². The summed E-state index contributed by atoms with van der Waals surface area (Å²) in [6.07, 6.45) is 1.47. The molecule has 5 rings (SSSR count). The number of fused-ring (bicyclic) bond motifs is 3. The molecule has 1 aliphatic rings. The molecule has 11 heteroatoms. The van der Waals surface area contributed by atoms with Crippen LogP contribution in [0.1, 0.15) is 28.5 Å². The number of aryl methyl sites for hydroxylation is 1. The number of aliphatic hydroxyl groups excluding tert-OH is 1. The highest BCUT2D eigenvalue weighted by atomic mass is 35.5. The number of rotatable bonds is 7. The summed E-state index contributed by atoms with van der Waals surface area (Å²) in [4.78, 5) is 29.6. The predicted octanol–water partition coefficient (Wildman–Crippen LogP) is 3.60. The van der Waals surface area contributed by atoms with Crippen molar-refractivity contribution >= 4 is 39.9 Å². The molecule has 0 saturated carbocycles. The normalized spacial score (nSPS) is 12.1. The van der Waals surface area contributed by atoms with Gasteiger partial charge in [0.1, 0.15) is 0 Å². The van der Waals surface area contributed by atoms with Crippen molar-refractivity contribution in [3.8, 4) is 27.5 Å². The van der Waals surface area contributed by atoms with Crippen LogP contribution < -0.4 is 16.2 Å². The summed E-state index contributed by atoms with van der Waals surface area (Å²) in [6, 6.07) is 15.0. The summed E-state index contributed by atoms with van der Waals surface area (Å²) in [5, 5.41) is 17.6. The first-order chi connectivity index (χ1) is 17.5. The highest BCUT2D eigenvalue weighted by Crippen LogP contribution is 2.44. The van der Waals surface area contributed by atoms with E-state index in [1.165, 1.54) is 18.3 Å². The van der Waals surface area contributed by atoms with Crippen LogP contribution in [0.25, 0.3) is 27.5 Å². The van der Waals surface area contributed by atoms with E-state index < -0.39 is 0 Å². The van der Waals surface area contributed by atoms with Gasteiger partial charge in [-0.3, -0.25) is 15.0 Å². The summed E-state index contributed by atoms with van der Waals surface area (Å²) in [7, 11) is 0. The first-order valence-corrected chi connectivity index (χ1v) is 12.5. The summed E-state index contributed by atoms with van der Waals surface area (Å²) < 4.78 is 1.80. The quantitative estimate of drug-likeness (QED) is 0.217. The second-order valence-corrected chi connectivity index (χ2v) is 9.61. The van der Waals surface area contributed by atoms with E-state index >= 15 is 0 Å². The summed E-state index contributed by atoms with van der Waals surface area (Å²) in [6.45, 7) is 1.59. The topological polar surface area (TPSA) is 121 Å². The van der Waals surface area contributed by atoms with Crippen LogP contribution in [0.4, 0.5) is 5.13 Å². The maximum absolute atomic E-state index is 12.4. The fourth-order valence-corrected chi connectivity index (χ4v) is 5.54. The molecule has 1 aliphatic carbocycles. The van der Waals surface area contributed by atoms with Crippen molar-refractivity contribution in [3.63, 3.8) is 0 Å². The van der Waals surface area contributed by atoms with Gasteiger partial charge in [-0.2, -0.15) is 5.10 Å². The Bertz CT molecular complexity index is 1450. The number of aliphatic hydroxyl groups is 1. The Balaban J connectivity index is 1.62. The molecule has 2 heterocycles. The molecule has 184 valence electrons. The zero-order valence-electron chi connectivity index (χ0n) is 19.3. The van der Waals surface area contributed by atoms with Crippen molar-refractivity contribution in [3.05, 3.63) is 70.4 Å². The number of nitrogens with one attached hydrogen (secondary N) is 3. The largest absolute Gasteiger partial charge is 0.395 e. The Hall–Kier alpha value is -3.57. The summed E-state index contributed by atoms with van der Waals surface area (Å²) >= 11 is 8.11. The van der Waals surface area contributed by atoms with Crippen LogP contribution in [-0.4, -0.2) is 44.8 Å². The van der Waals surface area contributed by atoms with Crippen molar-refractivity contribution in [2.45, 2.75) is 19.8 Å². The van der Waals surface area contributed by atoms with Crippen molar-refractivity contribution in [2.75, 3.05) is 18.5 Å². The van der Waals surface area contributed by atoms with E-state index in [1.54, 1.807) is 22.9 Å². The van der Waals surface area contributed by atoms with Crippen LogP contribution in [0.5, 0.6) is 0 Å². The Morgan fingerprint density at radius 2 is 1.97 bits per heavy atom. The SMILES string of the molecule is CC(=O)Nc1nc2c(s1)-c1c(c(-c3ccccc3)nn1-c1ccc(C(=O)NNCCO)cc1Cl)CC2. The van der Waals surface area contributed by atoms with Gasteiger partial charge in [-0.15, -0.1) is 0 Å². The Labute approximate surface area is 216 Å². The van der Waals surface area contributed by atoms with Crippen LogP contribution in [0.3, 0.4) is 0 Å². The number of hydrazine groups is 1. The van der Waals surface area contributed by atoms with Gasteiger partial charge >= 0.3 is 0 Å². The number of hydrogen-bond acceptors (Lipinski definition) is 7. The number of amides is 2. The van der Waals surface area contributed by atoms with E-state index in [0.717, 1.165) is 45.9 Å². The van der Waals surface area contributed by atoms with Crippen LogP contribution in [0.15, 0.2) is 48.5 Å². The molecule has 0 fully saturated rings. The number of hydrogen-bond donors (Lipinski definition) is 4. The van der Waals surface area contributed by atoms with Gasteiger partial charge < -0.3 is 10.4 Å². The fraction of sp³-hybridized carbons (Fsp3) is 0.200. The number of thiazole rings is 1. The number of benzene rings is 2. The molecule has 0 unspecified atom stereocenters. The van der Waals surface area contributed by atoms with E-state index in [4.69, 9.17) is 21.8 Å². The molecule has 4 N–H and O–H groups in total. The Morgan fingerprint density at radius 1 is 1.17 bits per heavy atom. The third-order valence-corrected chi connectivity index (χ3v) is 7.04. The average Bonchev–Trinajstić information content (AvgIpc) is 3.45. The number of aromatic nitrogens is 3. The van der Waals surface area contributed by atoms with E-state index in [9.17, 15) is 9.59 Å². The smallest absolute Gasteiger partial charge is 0.265 e. The third kappa shape index (κ3) is 4.63. The van der Waals surface area contributed by atoms with Crippen LogP contribution in [-0.2, 0) is 17.6 Å². The number of carbonyl (C=O) groups is 2. The zero-order valence-corrected chi connectivity index (χ0v) is 20.9. The number of halogens is 1. The molecule has 9 nitrogen and oxygen atoms in total. The Kier molecular flexibility index (Phi) is 6.84. The van der Waals surface area contributed by atoms with Crippen molar-refractivity contribution in [1.82, 2.24) is 25.6 Å². The molecule has 0 radical (unpaired) electrons. The van der Waals surface area contributed by atoms with Crippen LogP contribution in [0, 0.1) is 0 Å². The lowest BCUT2D eigenvalue weighted by molar-refractivity contribution is -0.114. The molecule has 2 aromatic carbocycles. The maximum atomic E-state index is 12.4. The molecule has 2 aromatic heterocycles. The van der Waals surface area contributed by atoms with Crippen molar-refractivity contribution < 1.29 is 14.7 Å². The number of nitrogens with zero attached hydrogens (tertiary/aromatic N) is 3. The molecule has 0 bridgehead atoms. The van der Waals surface area contributed by atoms with Gasteiger partial charge in [0, 0.05) is 30.2 Å². The van der Waals surface area contributed by atoms with Gasteiger partial charge in [-0.25, -0.2) is 15.1 Å². The minimum absolute atomic E-state index is 0.0999. The monoisotopic (exact) mass is 522 g/mol. The van der Waals surface area contributed by atoms with Gasteiger partial charge in [-0.1, -0.05) is 53.3 Å². The average molecular weight is 523 g/mol. The van der Waals surface area contributed by atoms with E-state index in [2.05, 4.69) is 21.2 Å². The molecule has 36 heavy (non-hydrogen) atoms. The third-order valence-electron chi connectivity index (χ3n) is 5.71. The zero-order chi connectivity index (χ0) is 25.2. The standard InChI is InChI=1S/C25H23ClN6O3S/c1-14(34)28-25-29-19-9-8-17-21(15-5-3-2-4-6-15)31-32(22(17)23(19)36-25)20-10-7-16(13-18(20)26)24(35)30-27-11-12-33/h2-7,10,13,27,33H,8-9,11-12H2,1H3,(H,30,35)(H,28,29,34). The number of carbonyl (C=O) groups excluding carboxylic acids is 2. The van der Waals surface area contributed by atoms with Gasteiger partial charge in [0.15, 0.2) is 5.13 Å². The number of anilines is 1. The molecular formula is C25H23ClN6O3S. The van der Waals surface area contributed by atoms with E-state index in [1.807, 2.05) is 30.3 Å². The minimum atomic E-state index is -0.367. The maximum Gasteiger partial charge on any atom is 0.265 e. The summed E-state index contributed by atoms with van der Waals surface area (Å²) in [5.41, 5.74) is 10.9. The molecule has 0 saturated heterocycles. The molecule has 0 spiro atoms. The first-order valence-electron chi connectivity index (χ1n) is 11.3. The lowest BCUT2D eigenvalue weighted by atomic mass is 9.95. The predicted molar refractivity (Wildman–Crippen MR) is 139 cm³/mol.